The summed E-state index contributed by atoms with van der Waals surface area (Å²) in [5, 5.41) is 3.01. The lowest BCUT2D eigenvalue weighted by Gasteiger charge is -2.24. The Hall–Kier alpha value is -2.33. The lowest BCUT2D eigenvalue weighted by atomic mass is 9.96. The highest BCUT2D eigenvalue weighted by Gasteiger charge is 2.25. The second kappa shape index (κ2) is 7.29. The van der Waals surface area contributed by atoms with Gasteiger partial charge >= 0.3 is 0 Å². The number of fused-ring (bicyclic) bond motifs is 1. The molecule has 0 saturated heterocycles. The molecule has 0 bridgehead atoms. The average molecular weight is 311 g/mol. The van der Waals surface area contributed by atoms with Crippen LogP contribution >= 0.6 is 0 Å². The van der Waals surface area contributed by atoms with Crippen LogP contribution in [0.25, 0.3) is 0 Å². The maximum Gasteiger partial charge on any atom is 0.227 e. The second-order valence-corrected chi connectivity index (χ2v) is 5.79. The minimum Gasteiger partial charge on any atom is -0.492 e. The third-order valence-electron chi connectivity index (χ3n) is 4.02. The highest BCUT2D eigenvalue weighted by Crippen LogP contribution is 2.26. The number of rotatable bonds is 5. The van der Waals surface area contributed by atoms with E-state index in [1.54, 1.807) is 7.11 Å². The summed E-state index contributed by atoms with van der Waals surface area (Å²) in [6, 6.07) is 15.9. The number of para-hydroxylation sites is 1. The first-order chi connectivity index (χ1) is 11.3. The fourth-order valence-corrected chi connectivity index (χ4v) is 2.83. The van der Waals surface area contributed by atoms with Crippen molar-refractivity contribution in [3.63, 3.8) is 0 Å². The van der Waals surface area contributed by atoms with Crippen LogP contribution in [0.2, 0.25) is 0 Å². The van der Waals surface area contributed by atoms with E-state index in [9.17, 15) is 4.79 Å². The van der Waals surface area contributed by atoms with E-state index in [0.29, 0.717) is 19.8 Å². The normalized spacial score (nSPS) is 16.3. The topological polar surface area (TPSA) is 47.6 Å². The molecule has 0 radical (unpaired) electrons. The summed E-state index contributed by atoms with van der Waals surface area (Å²) in [6.45, 7) is 1.54. The molecule has 2 aromatic rings. The van der Waals surface area contributed by atoms with Crippen molar-refractivity contribution in [1.29, 1.82) is 0 Å². The van der Waals surface area contributed by atoms with Crippen molar-refractivity contribution in [3.05, 3.63) is 65.2 Å². The number of methoxy groups -OCH3 is 1. The van der Waals surface area contributed by atoms with Gasteiger partial charge in [-0.15, -0.1) is 0 Å². The van der Waals surface area contributed by atoms with Crippen LogP contribution in [0.3, 0.4) is 0 Å². The molecule has 1 amide bonds. The number of benzene rings is 2. The van der Waals surface area contributed by atoms with Gasteiger partial charge < -0.3 is 14.8 Å². The Bertz CT molecular complexity index is 684. The Labute approximate surface area is 136 Å². The molecule has 23 heavy (non-hydrogen) atoms. The molecular formula is C19H21NO3. The summed E-state index contributed by atoms with van der Waals surface area (Å²) in [6.07, 6.45) is 0.728. The molecule has 0 spiro atoms. The Morgan fingerprint density at radius 2 is 2.04 bits per heavy atom. The predicted octanol–water partition coefficient (Wildman–Crippen LogP) is 2.70. The summed E-state index contributed by atoms with van der Waals surface area (Å²) in [5.41, 5.74) is 3.28. The lowest BCUT2D eigenvalue weighted by molar-refractivity contribution is -0.126. The van der Waals surface area contributed by atoms with E-state index in [-0.39, 0.29) is 11.8 Å². The first-order valence-corrected chi connectivity index (χ1v) is 7.81. The number of amides is 1. The zero-order chi connectivity index (χ0) is 16.1. The van der Waals surface area contributed by atoms with Gasteiger partial charge in [0, 0.05) is 13.7 Å². The van der Waals surface area contributed by atoms with E-state index in [1.807, 2.05) is 42.5 Å². The van der Waals surface area contributed by atoms with Crippen molar-refractivity contribution in [1.82, 2.24) is 5.32 Å². The van der Waals surface area contributed by atoms with Crippen LogP contribution in [0.4, 0.5) is 0 Å². The van der Waals surface area contributed by atoms with E-state index in [0.717, 1.165) is 28.9 Å². The van der Waals surface area contributed by atoms with Crippen molar-refractivity contribution in [2.45, 2.75) is 19.6 Å². The summed E-state index contributed by atoms with van der Waals surface area (Å²) >= 11 is 0. The summed E-state index contributed by atoms with van der Waals surface area (Å²) in [4.78, 5) is 12.4. The van der Waals surface area contributed by atoms with Gasteiger partial charge in [-0.05, 0) is 29.2 Å². The molecule has 4 heteroatoms. The summed E-state index contributed by atoms with van der Waals surface area (Å²) < 4.78 is 10.8. The van der Waals surface area contributed by atoms with Crippen LogP contribution in [0.1, 0.15) is 16.7 Å². The lowest BCUT2D eigenvalue weighted by Crippen LogP contribution is -2.37. The van der Waals surface area contributed by atoms with Crippen LogP contribution in [0, 0.1) is 5.92 Å². The molecule has 0 aliphatic carbocycles. The average Bonchev–Trinajstić information content (AvgIpc) is 2.60. The maximum atomic E-state index is 12.4. The van der Waals surface area contributed by atoms with Gasteiger partial charge in [0.1, 0.15) is 12.4 Å². The SMILES string of the molecule is COCc1cccc(CNC(=O)C2COc3ccccc3C2)c1. The molecule has 1 heterocycles. The zero-order valence-electron chi connectivity index (χ0n) is 13.2. The fourth-order valence-electron chi connectivity index (χ4n) is 2.83. The minimum atomic E-state index is -0.132. The second-order valence-electron chi connectivity index (χ2n) is 5.79. The number of carbonyl (C=O) groups is 1. The third-order valence-corrected chi connectivity index (χ3v) is 4.02. The van der Waals surface area contributed by atoms with Gasteiger partial charge in [-0.2, -0.15) is 0 Å². The van der Waals surface area contributed by atoms with E-state index < -0.39 is 0 Å². The molecule has 1 atom stereocenters. The van der Waals surface area contributed by atoms with E-state index in [1.165, 1.54) is 0 Å². The van der Waals surface area contributed by atoms with E-state index in [2.05, 4.69) is 11.4 Å². The standard InChI is InChI=1S/C19H21NO3/c1-22-12-15-6-4-5-14(9-15)11-20-19(21)17-10-16-7-2-3-8-18(16)23-13-17/h2-9,17H,10-13H2,1H3,(H,20,21). The predicted molar refractivity (Wildman–Crippen MR) is 88.1 cm³/mol. The van der Waals surface area contributed by atoms with Gasteiger partial charge in [0.05, 0.1) is 12.5 Å². The highest BCUT2D eigenvalue weighted by atomic mass is 16.5. The summed E-state index contributed by atoms with van der Waals surface area (Å²) in [5.74, 6) is 0.799. The maximum absolute atomic E-state index is 12.4. The molecule has 2 aromatic carbocycles. The van der Waals surface area contributed by atoms with Crippen molar-refractivity contribution in [3.8, 4) is 5.75 Å². The number of hydrogen-bond donors (Lipinski definition) is 1. The number of ether oxygens (including phenoxy) is 2. The van der Waals surface area contributed by atoms with Crippen LogP contribution in [-0.4, -0.2) is 19.6 Å². The molecule has 1 unspecified atom stereocenters. The smallest absolute Gasteiger partial charge is 0.227 e. The molecule has 3 rings (SSSR count). The van der Waals surface area contributed by atoms with Gasteiger partial charge in [-0.25, -0.2) is 0 Å². The first-order valence-electron chi connectivity index (χ1n) is 7.81. The van der Waals surface area contributed by atoms with Crippen molar-refractivity contribution >= 4 is 5.91 Å². The molecule has 1 aliphatic heterocycles. The van der Waals surface area contributed by atoms with Gasteiger partial charge in [-0.3, -0.25) is 4.79 Å². The summed E-state index contributed by atoms with van der Waals surface area (Å²) in [7, 11) is 1.68. The quantitative estimate of drug-likeness (QED) is 0.923. The molecule has 0 saturated carbocycles. The number of hydrogen-bond acceptors (Lipinski definition) is 3. The zero-order valence-corrected chi connectivity index (χ0v) is 13.2. The van der Waals surface area contributed by atoms with Crippen molar-refractivity contribution in [2.24, 2.45) is 5.92 Å². The Morgan fingerprint density at radius 1 is 1.22 bits per heavy atom. The van der Waals surface area contributed by atoms with Gasteiger partial charge in [0.25, 0.3) is 0 Å². The van der Waals surface area contributed by atoms with E-state index >= 15 is 0 Å². The van der Waals surface area contributed by atoms with Crippen LogP contribution in [0.15, 0.2) is 48.5 Å². The monoisotopic (exact) mass is 311 g/mol. The Morgan fingerprint density at radius 3 is 2.91 bits per heavy atom. The highest BCUT2D eigenvalue weighted by molar-refractivity contribution is 5.79. The molecule has 120 valence electrons. The van der Waals surface area contributed by atoms with Crippen molar-refractivity contribution in [2.75, 3.05) is 13.7 Å². The molecule has 1 aliphatic rings. The molecule has 0 aromatic heterocycles. The van der Waals surface area contributed by atoms with Gasteiger partial charge in [-0.1, -0.05) is 42.5 Å². The largest absolute Gasteiger partial charge is 0.492 e. The first kappa shape index (κ1) is 15.6. The van der Waals surface area contributed by atoms with Gasteiger partial charge in [0.2, 0.25) is 5.91 Å². The molecule has 0 fully saturated rings. The Balaban J connectivity index is 1.57. The van der Waals surface area contributed by atoms with Crippen LogP contribution in [0.5, 0.6) is 5.75 Å². The van der Waals surface area contributed by atoms with Crippen LogP contribution < -0.4 is 10.1 Å². The van der Waals surface area contributed by atoms with Crippen molar-refractivity contribution < 1.29 is 14.3 Å². The fraction of sp³-hybridized carbons (Fsp3) is 0.316. The molecule has 4 nitrogen and oxygen atoms in total. The molecular weight excluding hydrogens is 290 g/mol. The van der Waals surface area contributed by atoms with Crippen LogP contribution in [-0.2, 0) is 29.1 Å². The Kier molecular flexibility index (Phi) is 4.93. The molecule has 1 N–H and O–H groups in total. The van der Waals surface area contributed by atoms with E-state index in [4.69, 9.17) is 9.47 Å². The third kappa shape index (κ3) is 3.90. The number of nitrogens with one attached hydrogen (secondary N) is 1. The minimum absolute atomic E-state index is 0.0386. The van der Waals surface area contributed by atoms with Gasteiger partial charge in [0.15, 0.2) is 0 Å². The number of carbonyl (C=O) groups excluding carboxylic acids is 1.